The van der Waals surface area contributed by atoms with Gasteiger partial charge in [-0.3, -0.25) is 9.89 Å². The maximum atomic E-state index is 6.00. The number of rotatable bonds is 4. The second-order valence-corrected chi connectivity index (χ2v) is 7.92. The van der Waals surface area contributed by atoms with E-state index in [4.69, 9.17) is 16.6 Å². The molecule has 0 aliphatic carbocycles. The van der Waals surface area contributed by atoms with Crippen LogP contribution in [-0.4, -0.2) is 54.9 Å². The second-order valence-electron chi connectivity index (χ2n) is 7.48. The van der Waals surface area contributed by atoms with Crippen molar-refractivity contribution in [3.8, 4) is 0 Å². The molecule has 1 aromatic heterocycles. The Balaban J connectivity index is 1.38. The molecule has 142 valence electrons. The number of piperazine rings is 1. The highest BCUT2D eigenvalue weighted by Gasteiger charge is 2.21. The van der Waals surface area contributed by atoms with E-state index >= 15 is 0 Å². The van der Waals surface area contributed by atoms with Crippen LogP contribution in [0.15, 0.2) is 41.5 Å². The third kappa shape index (κ3) is 4.09. The van der Waals surface area contributed by atoms with Crippen LogP contribution in [0.2, 0.25) is 5.02 Å². The molecule has 4 rings (SSSR count). The van der Waals surface area contributed by atoms with Gasteiger partial charge in [0.25, 0.3) is 0 Å². The molecule has 0 spiro atoms. The smallest absolute Gasteiger partial charge is 0.155 e. The molecule has 5 nitrogen and oxygen atoms in total. The number of benzene rings is 1. The molecule has 6 heteroatoms. The highest BCUT2D eigenvalue weighted by atomic mass is 35.5. The number of halogens is 1. The number of aromatic nitrogens is 1. The van der Waals surface area contributed by atoms with E-state index in [0.717, 1.165) is 55.8 Å². The first kappa shape index (κ1) is 18.3. The van der Waals surface area contributed by atoms with Crippen LogP contribution in [0, 0.1) is 0 Å². The Labute approximate surface area is 166 Å². The van der Waals surface area contributed by atoms with E-state index in [2.05, 4.69) is 51.7 Å². The molecule has 1 aromatic carbocycles. The zero-order chi connectivity index (χ0) is 18.8. The SMILES string of the molecule is CC(C)N1CC=Nc2cc(CN3CCN(c4ccc(Cl)cc4)CC3)cnc21. The molecule has 1 saturated heterocycles. The summed E-state index contributed by atoms with van der Waals surface area (Å²) in [7, 11) is 0. The molecule has 27 heavy (non-hydrogen) atoms. The van der Waals surface area contributed by atoms with Crippen molar-refractivity contribution in [2.24, 2.45) is 4.99 Å². The summed E-state index contributed by atoms with van der Waals surface area (Å²) in [6.07, 6.45) is 4.00. The zero-order valence-corrected chi connectivity index (χ0v) is 16.7. The Morgan fingerprint density at radius 1 is 1.07 bits per heavy atom. The van der Waals surface area contributed by atoms with Crippen LogP contribution in [0.25, 0.3) is 0 Å². The van der Waals surface area contributed by atoms with Crippen molar-refractivity contribution < 1.29 is 0 Å². The fourth-order valence-electron chi connectivity index (χ4n) is 3.73. The van der Waals surface area contributed by atoms with Crippen LogP contribution in [0.1, 0.15) is 19.4 Å². The fourth-order valence-corrected chi connectivity index (χ4v) is 3.86. The van der Waals surface area contributed by atoms with Gasteiger partial charge in [0.05, 0.1) is 6.54 Å². The van der Waals surface area contributed by atoms with Crippen LogP contribution in [-0.2, 0) is 6.54 Å². The summed E-state index contributed by atoms with van der Waals surface area (Å²) in [6, 6.07) is 10.7. The Morgan fingerprint density at radius 2 is 1.81 bits per heavy atom. The molecule has 0 bridgehead atoms. The van der Waals surface area contributed by atoms with E-state index in [0.29, 0.717) is 6.04 Å². The third-order valence-corrected chi connectivity index (χ3v) is 5.53. The Kier molecular flexibility index (Phi) is 5.32. The van der Waals surface area contributed by atoms with Crippen molar-refractivity contribution in [1.82, 2.24) is 9.88 Å². The van der Waals surface area contributed by atoms with Crippen molar-refractivity contribution in [1.29, 1.82) is 0 Å². The molecule has 0 unspecified atom stereocenters. The maximum absolute atomic E-state index is 6.00. The molecule has 0 N–H and O–H groups in total. The predicted octanol–water partition coefficient (Wildman–Crippen LogP) is 3.99. The van der Waals surface area contributed by atoms with Gasteiger partial charge in [-0.2, -0.15) is 0 Å². The second kappa shape index (κ2) is 7.87. The van der Waals surface area contributed by atoms with Gasteiger partial charge in [-0.25, -0.2) is 4.98 Å². The van der Waals surface area contributed by atoms with Crippen molar-refractivity contribution in [2.75, 3.05) is 42.5 Å². The van der Waals surface area contributed by atoms with E-state index in [1.807, 2.05) is 24.5 Å². The van der Waals surface area contributed by atoms with E-state index in [1.165, 1.54) is 11.3 Å². The number of anilines is 2. The quantitative estimate of drug-likeness (QED) is 0.799. The van der Waals surface area contributed by atoms with E-state index in [1.54, 1.807) is 0 Å². The van der Waals surface area contributed by atoms with Crippen LogP contribution in [0.3, 0.4) is 0 Å². The Morgan fingerprint density at radius 3 is 2.52 bits per heavy atom. The van der Waals surface area contributed by atoms with Gasteiger partial charge in [0.2, 0.25) is 0 Å². The predicted molar refractivity (Wildman–Crippen MR) is 114 cm³/mol. The highest BCUT2D eigenvalue weighted by molar-refractivity contribution is 6.30. The van der Waals surface area contributed by atoms with Gasteiger partial charge in [-0.05, 0) is 49.7 Å². The monoisotopic (exact) mass is 383 g/mol. The van der Waals surface area contributed by atoms with Crippen molar-refractivity contribution in [3.63, 3.8) is 0 Å². The summed E-state index contributed by atoms with van der Waals surface area (Å²) in [6.45, 7) is 10.3. The lowest BCUT2D eigenvalue weighted by atomic mass is 10.2. The standard InChI is InChI=1S/C21H26ClN5/c1-16(2)27-8-7-23-20-13-17(14-24-21(20)27)15-25-9-11-26(12-10-25)19-5-3-18(22)4-6-19/h3-7,13-14,16H,8-12,15H2,1-2H3. The van der Waals surface area contributed by atoms with Gasteiger partial charge in [0, 0.05) is 61.9 Å². The van der Waals surface area contributed by atoms with E-state index < -0.39 is 0 Å². The normalized spacial score (nSPS) is 17.5. The number of hydrogen-bond acceptors (Lipinski definition) is 5. The lowest BCUT2D eigenvalue weighted by Crippen LogP contribution is -2.46. The van der Waals surface area contributed by atoms with Crippen LogP contribution in [0.4, 0.5) is 17.2 Å². The number of hydrogen-bond donors (Lipinski definition) is 0. The highest BCUT2D eigenvalue weighted by Crippen LogP contribution is 2.31. The number of aliphatic imine (C=N–C) groups is 1. The number of fused-ring (bicyclic) bond motifs is 1. The van der Waals surface area contributed by atoms with E-state index in [-0.39, 0.29) is 0 Å². The number of pyridine rings is 1. The molecule has 1 fully saturated rings. The van der Waals surface area contributed by atoms with E-state index in [9.17, 15) is 0 Å². The summed E-state index contributed by atoms with van der Waals surface area (Å²) in [4.78, 5) is 16.5. The van der Waals surface area contributed by atoms with Crippen molar-refractivity contribution in [2.45, 2.75) is 26.4 Å². The lowest BCUT2D eigenvalue weighted by molar-refractivity contribution is 0.249. The van der Waals surface area contributed by atoms with Crippen molar-refractivity contribution in [3.05, 3.63) is 47.1 Å². The largest absolute Gasteiger partial charge is 0.369 e. The summed E-state index contributed by atoms with van der Waals surface area (Å²) in [5, 5.41) is 0.788. The molecule has 2 aromatic rings. The van der Waals surface area contributed by atoms with Gasteiger partial charge in [0.1, 0.15) is 5.69 Å². The van der Waals surface area contributed by atoms with Crippen molar-refractivity contribution >= 4 is 35.0 Å². The molecule has 3 heterocycles. The molecular weight excluding hydrogens is 358 g/mol. The first-order valence-electron chi connectivity index (χ1n) is 9.61. The molecule has 0 atom stereocenters. The number of nitrogens with zero attached hydrogens (tertiary/aromatic N) is 5. The molecule has 2 aliphatic rings. The molecular formula is C21H26ClN5. The first-order chi connectivity index (χ1) is 13.1. The molecule has 0 amide bonds. The van der Waals surface area contributed by atoms with Gasteiger partial charge in [-0.1, -0.05) is 11.6 Å². The minimum atomic E-state index is 0.426. The maximum Gasteiger partial charge on any atom is 0.155 e. The van der Waals surface area contributed by atoms with Gasteiger partial charge in [-0.15, -0.1) is 0 Å². The average molecular weight is 384 g/mol. The van der Waals surface area contributed by atoms with Crippen LogP contribution < -0.4 is 9.80 Å². The summed E-state index contributed by atoms with van der Waals surface area (Å²) in [5.74, 6) is 1.00. The summed E-state index contributed by atoms with van der Waals surface area (Å²) >= 11 is 6.00. The minimum Gasteiger partial charge on any atom is -0.369 e. The summed E-state index contributed by atoms with van der Waals surface area (Å²) < 4.78 is 0. The summed E-state index contributed by atoms with van der Waals surface area (Å²) in [5.41, 5.74) is 3.47. The van der Waals surface area contributed by atoms with Crippen LogP contribution >= 0.6 is 11.6 Å². The van der Waals surface area contributed by atoms with Crippen LogP contribution in [0.5, 0.6) is 0 Å². The lowest BCUT2D eigenvalue weighted by Gasteiger charge is -2.36. The molecule has 2 aliphatic heterocycles. The Bertz CT molecular complexity index is 810. The van der Waals surface area contributed by atoms with Gasteiger partial charge >= 0.3 is 0 Å². The molecule has 0 radical (unpaired) electrons. The van der Waals surface area contributed by atoms with Gasteiger partial charge < -0.3 is 9.80 Å². The fraction of sp³-hybridized carbons (Fsp3) is 0.429. The Hall–Kier alpha value is -2.11. The average Bonchev–Trinajstić information content (AvgIpc) is 2.68. The topological polar surface area (TPSA) is 35.0 Å². The first-order valence-corrected chi connectivity index (χ1v) is 9.99. The minimum absolute atomic E-state index is 0.426. The third-order valence-electron chi connectivity index (χ3n) is 5.28. The molecule has 0 saturated carbocycles. The zero-order valence-electron chi connectivity index (χ0n) is 16.0. The van der Waals surface area contributed by atoms with Gasteiger partial charge in [0.15, 0.2) is 5.82 Å².